The number of carbonyl (C=O) groups excluding carboxylic acids is 1. The second-order valence-corrected chi connectivity index (χ2v) is 5.07. The van der Waals surface area contributed by atoms with Gasteiger partial charge in [-0.2, -0.15) is 5.26 Å². The van der Waals surface area contributed by atoms with E-state index in [1.807, 2.05) is 6.07 Å². The van der Waals surface area contributed by atoms with Gasteiger partial charge in [-0.25, -0.2) is 13.6 Å². The van der Waals surface area contributed by atoms with Crippen LogP contribution in [0, 0.1) is 23.0 Å². The molecule has 0 fully saturated rings. The smallest absolute Gasteiger partial charge is 0.340 e. The highest BCUT2D eigenvalue weighted by molar-refractivity contribution is 7.10. The zero-order chi connectivity index (χ0) is 15.4. The Morgan fingerprint density at radius 3 is 2.76 bits per heavy atom. The molecule has 2 rings (SSSR count). The Morgan fingerprint density at radius 2 is 2.14 bits per heavy atom. The molecule has 108 valence electrons. The van der Waals surface area contributed by atoms with Crippen molar-refractivity contribution in [2.24, 2.45) is 0 Å². The van der Waals surface area contributed by atoms with E-state index in [1.165, 1.54) is 11.3 Å². The Hall–Kier alpha value is -2.46. The molecule has 4 nitrogen and oxygen atoms in total. The standard InChI is InChI=1S/C14H10F2N2O2S/c1-20-14(19)10-3-13(12(16)4-11(10)15)18-6-9-2-8(5-17)7-21-9/h2-4,7,18H,6H2,1H3. The molecule has 0 aliphatic carbocycles. The number of thiophene rings is 1. The zero-order valence-corrected chi connectivity index (χ0v) is 11.8. The topological polar surface area (TPSA) is 62.1 Å². The molecule has 2 aromatic rings. The van der Waals surface area contributed by atoms with E-state index in [0.717, 1.165) is 18.1 Å². The number of nitriles is 1. The number of halogens is 2. The molecule has 1 N–H and O–H groups in total. The molecule has 0 spiro atoms. The molecule has 0 bridgehead atoms. The summed E-state index contributed by atoms with van der Waals surface area (Å²) in [5, 5.41) is 13.2. The fraction of sp³-hybridized carbons (Fsp3) is 0.143. The van der Waals surface area contributed by atoms with Gasteiger partial charge in [0, 0.05) is 22.9 Å². The predicted molar refractivity (Wildman–Crippen MR) is 74.1 cm³/mol. The molecule has 0 aliphatic rings. The summed E-state index contributed by atoms with van der Waals surface area (Å²) < 4.78 is 31.6. The fourth-order valence-electron chi connectivity index (χ4n) is 1.67. The van der Waals surface area contributed by atoms with Crippen molar-refractivity contribution in [2.45, 2.75) is 6.54 Å². The second kappa shape index (κ2) is 6.33. The first-order valence-corrected chi connectivity index (χ1v) is 6.72. The first-order valence-electron chi connectivity index (χ1n) is 5.84. The van der Waals surface area contributed by atoms with Crippen molar-refractivity contribution >= 4 is 23.0 Å². The number of esters is 1. The van der Waals surface area contributed by atoms with Gasteiger partial charge in [-0.15, -0.1) is 11.3 Å². The van der Waals surface area contributed by atoms with Gasteiger partial charge >= 0.3 is 5.97 Å². The van der Waals surface area contributed by atoms with Gasteiger partial charge in [0.25, 0.3) is 0 Å². The second-order valence-electron chi connectivity index (χ2n) is 4.07. The van der Waals surface area contributed by atoms with Crippen LogP contribution < -0.4 is 5.32 Å². The minimum atomic E-state index is -0.979. The van der Waals surface area contributed by atoms with Gasteiger partial charge in [-0.05, 0) is 12.1 Å². The number of methoxy groups -OCH3 is 1. The minimum Gasteiger partial charge on any atom is -0.465 e. The summed E-state index contributed by atoms with van der Waals surface area (Å²) in [6, 6.07) is 5.35. The van der Waals surface area contributed by atoms with Crippen molar-refractivity contribution in [3.63, 3.8) is 0 Å². The summed E-state index contributed by atoms with van der Waals surface area (Å²) in [5.41, 5.74) is 0.167. The summed E-state index contributed by atoms with van der Waals surface area (Å²) in [6.07, 6.45) is 0. The summed E-state index contributed by atoms with van der Waals surface area (Å²) in [5.74, 6) is -2.66. The van der Waals surface area contributed by atoms with E-state index >= 15 is 0 Å². The van der Waals surface area contributed by atoms with E-state index in [2.05, 4.69) is 10.1 Å². The lowest BCUT2D eigenvalue weighted by Crippen LogP contribution is -2.08. The fourth-order valence-corrected chi connectivity index (χ4v) is 2.41. The van der Waals surface area contributed by atoms with Gasteiger partial charge in [0.05, 0.1) is 23.9 Å². The molecular formula is C14H10F2N2O2S. The Kier molecular flexibility index (Phi) is 4.50. The van der Waals surface area contributed by atoms with Gasteiger partial charge in [-0.3, -0.25) is 0 Å². The average molecular weight is 308 g/mol. The lowest BCUT2D eigenvalue weighted by atomic mass is 10.1. The zero-order valence-electron chi connectivity index (χ0n) is 10.9. The number of carbonyl (C=O) groups is 1. The maximum atomic E-state index is 13.7. The van der Waals surface area contributed by atoms with Crippen LogP contribution in [0.15, 0.2) is 23.6 Å². The van der Waals surface area contributed by atoms with E-state index < -0.39 is 17.6 Å². The van der Waals surface area contributed by atoms with Gasteiger partial charge in [0.1, 0.15) is 17.7 Å². The highest BCUT2D eigenvalue weighted by Crippen LogP contribution is 2.22. The van der Waals surface area contributed by atoms with Crippen LogP contribution in [0.4, 0.5) is 14.5 Å². The average Bonchev–Trinajstić information content (AvgIpc) is 2.93. The molecule has 21 heavy (non-hydrogen) atoms. The van der Waals surface area contributed by atoms with Crippen LogP contribution in [-0.4, -0.2) is 13.1 Å². The van der Waals surface area contributed by atoms with Gasteiger partial charge in [-0.1, -0.05) is 0 Å². The summed E-state index contributed by atoms with van der Waals surface area (Å²) in [4.78, 5) is 12.2. The van der Waals surface area contributed by atoms with Crippen LogP contribution in [0.25, 0.3) is 0 Å². The number of anilines is 1. The third kappa shape index (κ3) is 3.35. The number of nitrogens with zero attached hydrogens (tertiary/aromatic N) is 1. The lowest BCUT2D eigenvalue weighted by molar-refractivity contribution is 0.0595. The Morgan fingerprint density at radius 1 is 1.38 bits per heavy atom. The molecule has 0 saturated heterocycles. The van der Waals surface area contributed by atoms with Crippen molar-refractivity contribution in [1.82, 2.24) is 0 Å². The number of hydrogen-bond acceptors (Lipinski definition) is 5. The third-order valence-corrected chi connectivity index (χ3v) is 3.63. The quantitative estimate of drug-likeness (QED) is 0.880. The largest absolute Gasteiger partial charge is 0.465 e. The van der Waals surface area contributed by atoms with Crippen LogP contribution in [0.2, 0.25) is 0 Å². The van der Waals surface area contributed by atoms with Crippen molar-refractivity contribution in [1.29, 1.82) is 5.26 Å². The Balaban J connectivity index is 2.19. The van der Waals surface area contributed by atoms with Crippen molar-refractivity contribution in [3.05, 3.63) is 51.2 Å². The van der Waals surface area contributed by atoms with Crippen molar-refractivity contribution < 1.29 is 18.3 Å². The maximum absolute atomic E-state index is 13.7. The molecule has 1 aromatic heterocycles. The highest BCUT2D eigenvalue weighted by atomic mass is 32.1. The summed E-state index contributed by atoms with van der Waals surface area (Å²) in [6.45, 7) is 0.259. The van der Waals surface area contributed by atoms with Gasteiger partial charge in [0.2, 0.25) is 0 Å². The van der Waals surface area contributed by atoms with Crippen molar-refractivity contribution in [2.75, 3.05) is 12.4 Å². The normalized spacial score (nSPS) is 10.0. The minimum absolute atomic E-state index is 0.0105. The number of rotatable bonds is 4. The molecule has 0 atom stereocenters. The molecule has 7 heteroatoms. The lowest BCUT2D eigenvalue weighted by Gasteiger charge is -2.09. The first-order chi connectivity index (χ1) is 10.0. The Labute approximate surface area is 123 Å². The monoisotopic (exact) mass is 308 g/mol. The molecule has 1 aromatic carbocycles. The maximum Gasteiger partial charge on any atom is 0.340 e. The molecular weight excluding hydrogens is 298 g/mol. The summed E-state index contributed by atoms with van der Waals surface area (Å²) >= 11 is 1.34. The predicted octanol–water partition coefficient (Wildman–Crippen LogP) is 3.30. The van der Waals surface area contributed by atoms with Crippen LogP contribution in [0.1, 0.15) is 20.8 Å². The molecule has 0 aliphatic heterocycles. The molecule has 1 heterocycles. The van der Waals surface area contributed by atoms with E-state index in [9.17, 15) is 13.6 Å². The molecule has 0 radical (unpaired) electrons. The molecule has 0 amide bonds. The van der Waals surface area contributed by atoms with E-state index in [1.54, 1.807) is 11.4 Å². The van der Waals surface area contributed by atoms with E-state index in [-0.39, 0.29) is 17.8 Å². The van der Waals surface area contributed by atoms with Crippen LogP contribution in [0.3, 0.4) is 0 Å². The number of nitrogens with one attached hydrogen (secondary N) is 1. The SMILES string of the molecule is COC(=O)c1cc(NCc2cc(C#N)cs2)c(F)cc1F. The molecule has 0 unspecified atom stereocenters. The van der Waals surface area contributed by atoms with Crippen LogP contribution >= 0.6 is 11.3 Å². The van der Waals surface area contributed by atoms with Crippen molar-refractivity contribution in [3.8, 4) is 6.07 Å². The van der Waals surface area contributed by atoms with Crippen LogP contribution in [0.5, 0.6) is 0 Å². The van der Waals surface area contributed by atoms with E-state index in [4.69, 9.17) is 5.26 Å². The number of benzene rings is 1. The number of hydrogen-bond donors (Lipinski definition) is 1. The van der Waals surface area contributed by atoms with E-state index in [0.29, 0.717) is 11.6 Å². The number of ether oxygens (including phenoxy) is 1. The van der Waals surface area contributed by atoms with Gasteiger partial charge in [0.15, 0.2) is 0 Å². The Bertz CT molecular complexity index is 722. The first kappa shape index (κ1) is 14.9. The highest BCUT2D eigenvalue weighted by Gasteiger charge is 2.16. The third-order valence-electron chi connectivity index (χ3n) is 2.70. The van der Waals surface area contributed by atoms with Crippen LogP contribution in [-0.2, 0) is 11.3 Å². The van der Waals surface area contributed by atoms with Gasteiger partial charge < -0.3 is 10.1 Å². The molecule has 0 saturated carbocycles. The summed E-state index contributed by atoms with van der Waals surface area (Å²) in [7, 11) is 1.12.